The molecule has 3 nitrogen and oxygen atoms in total. The van der Waals surface area contributed by atoms with Crippen molar-refractivity contribution >= 4 is 5.91 Å². The van der Waals surface area contributed by atoms with Crippen molar-refractivity contribution in [3.8, 4) is 0 Å². The number of amides is 1. The van der Waals surface area contributed by atoms with Gasteiger partial charge in [0.05, 0.1) is 6.04 Å². The standard InChI is InChI=1S/C9H14N2O/c12-9-8-6(3-4-10-8)7-2-1-5-11(7)9/h6-8,10H,1-5H2. The van der Waals surface area contributed by atoms with E-state index in [4.69, 9.17) is 0 Å². The Labute approximate surface area is 72.1 Å². The SMILES string of the molecule is O=C1C2NCCC2C2CCCN12. The molecular weight excluding hydrogens is 152 g/mol. The van der Waals surface area contributed by atoms with Crippen molar-refractivity contribution in [3.05, 3.63) is 0 Å². The number of hydrogen-bond acceptors (Lipinski definition) is 2. The van der Waals surface area contributed by atoms with Gasteiger partial charge in [-0.1, -0.05) is 0 Å². The summed E-state index contributed by atoms with van der Waals surface area (Å²) in [7, 11) is 0. The lowest BCUT2D eigenvalue weighted by Crippen LogP contribution is -2.36. The van der Waals surface area contributed by atoms with Gasteiger partial charge in [-0.15, -0.1) is 0 Å². The van der Waals surface area contributed by atoms with E-state index < -0.39 is 0 Å². The Morgan fingerprint density at radius 1 is 1.42 bits per heavy atom. The van der Waals surface area contributed by atoms with Gasteiger partial charge in [-0.05, 0) is 25.8 Å². The molecule has 3 atom stereocenters. The van der Waals surface area contributed by atoms with Crippen LogP contribution in [0.3, 0.4) is 0 Å². The molecule has 0 aromatic rings. The van der Waals surface area contributed by atoms with Crippen LogP contribution in [0.15, 0.2) is 0 Å². The summed E-state index contributed by atoms with van der Waals surface area (Å²) >= 11 is 0. The van der Waals surface area contributed by atoms with Crippen molar-refractivity contribution in [2.45, 2.75) is 31.3 Å². The number of rotatable bonds is 0. The van der Waals surface area contributed by atoms with E-state index in [0.717, 1.165) is 13.1 Å². The van der Waals surface area contributed by atoms with Crippen LogP contribution >= 0.6 is 0 Å². The molecule has 0 saturated carbocycles. The first-order chi connectivity index (χ1) is 5.88. The molecule has 1 N–H and O–H groups in total. The summed E-state index contributed by atoms with van der Waals surface area (Å²) in [5.41, 5.74) is 0. The van der Waals surface area contributed by atoms with Crippen molar-refractivity contribution in [1.82, 2.24) is 10.2 Å². The zero-order valence-corrected chi connectivity index (χ0v) is 7.12. The maximum Gasteiger partial charge on any atom is 0.240 e. The first-order valence-electron chi connectivity index (χ1n) is 4.92. The molecule has 12 heavy (non-hydrogen) atoms. The molecule has 3 unspecified atom stereocenters. The minimum atomic E-state index is 0.190. The Morgan fingerprint density at radius 3 is 3.25 bits per heavy atom. The van der Waals surface area contributed by atoms with E-state index in [-0.39, 0.29) is 6.04 Å². The lowest BCUT2D eigenvalue weighted by atomic mass is 9.95. The number of hydrogen-bond donors (Lipinski definition) is 1. The minimum absolute atomic E-state index is 0.190. The molecule has 0 aliphatic carbocycles. The second-order valence-electron chi connectivity index (χ2n) is 4.13. The maximum atomic E-state index is 11.7. The second kappa shape index (κ2) is 2.22. The van der Waals surface area contributed by atoms with Crippen LogP contribution in [0.1, 0.15) is 19.3 Å². The highest BCUT2D eigenvalue weighted by atomic mass is 16.2. The van der Waals surface area contributed by atoms with Crippen LogP contribution < -0.4 is 5.32 Å². The smallest absolute Gasteiger partial charge is 0.240 e. The molecule has 1 amide bonds. The largest absolute Gasteiger partial charge is 0.338 e. The van der Waals surface area contributed by atoms with Gasteiger partial charge in [-0.2, -0.15) is 0 Å². The molecule has 0 aromatic carbocycles. The van der Waals surface area contributed by atoms with Gasteiger partial charge >= 0.3 is 0 Å². The van der Waals surface area contributed by atoms with Crippen molar-refractivity contribution in [2.75, 3.05) is 13.1 Å². The summed E-state index contributed by atoms with van der Waals surface area (Å²) in [4.78, 5) is 13.8. The highest BCUT2D eigenvalue weighted by Gasteiger charge is 2.51. The van der Waals surface area contributed by atoms with Crippen molar-refractivity contribution in [2.24, 2.45) is 5.92 Å². The number of nitrogens with zero attached hydrogens (tertiary/aromatic N) is 1. The normalized spacial score (nSPS) is 45.2. The number of carbonyl (C=O) groups excluding carboxylic acids is 1. The van der Waals surface area contributed by atoms with Gasteiger partial charge in [-0.3, -0.25) is 4.79 Å². The average Bonchev–Trinajstić information content (AvgIpc) is 2.72. The fourth-order valence-electron chi connectivity index (χ4n) is 3.10. The van der Waals surface area contributed by atoms with Gasteiger partial charge in [0, 0.05) is 18.5 Å². The summed E-state index contributed by atoms with van der Waals surface area (Å²) in [6.07, 6.45) is 3.67. The topological polar surface area (TPSA) is 32.3 Å². The molecule has 66 valence electrons. The van der Waals surface area contributed by atoms with Gasteiger partial charge in [0.15, 0.2) is 0 Å². The van der Waals surface area contributed by atoms with Gasteiger partial charge in [-0.25, -0.2) is 0 Å². The molecule has 3 saturated heterocycles. The third-order valence-corrected chi connectivity index (χ3v) is 3.61. The van der Waals surface area contributed by atoms with Gasteiger partial charge in [0.2, 0.25) is 5.91 Å². The van der Waals surface area contributed by atoms with E-state index in [1.165, 1.54) is 19.3 Å². The Kier molecular flexibility index (Phi) is 1.28. The first-order valence-corrected chi connectivity index (χ1v) is 4.92. The Hall–Kier alpha value is -0.570. The van der Waals surface area contributed by atoms with Crippen LogP contribution in [0.5, 0.6) is 0 Å². The van der Waals surface area contributed by atoms with E-state index in [2.05, 4.69) is 10.2 Å². The first kappa shape index (κ1) is 6.89. The molecule has 0 bridgehead atoms. The Morgan fingerprint density at radius 2 is 2.33 bits per heavy atom. The number of carbonyl (C=O) groups is 1. The molecule has 3 heterocycles. The lowest BCUT2D eigenvalue weighted by Gasteiger charge is -2.17. The van der Waals surface area contributed by atoms with Crippen molar-refractivity contribution in [3.63, 3.8) is 0 Å². The predicted molar refractivity (Wildman–Crippen MR) is 44.6 cm³/mol. The van der Waals surface area contributed by atoms with Crippen LogP contribution in [0.2, 0.25) is 0 Å². The summed E-state index contributed by atoms with van der Waals surface area (Å²) in [6, 6.07) is 0.785. The third kappa shape index (κ3) is 0.678. The van der Waals surface area contributed by atoms with Gasteiger partial charge in [0.1, 0.15) is 0 Å². The summed E-state index contributed by atoms with van der Waals surface area (Å²) < 4.78 is 0. The highest BCUT2D eigenvalue weighted by Crippen LogP contribution is 2.37. The van der Waals surface area contributed by atoms with Crippen LogP contribution in [-0.2, 0) is 4.79 Å². The molecule has 3 fully saturated rings. The van der Waals surface area contributed by atoms with Crippen LogP contribution in [0, 0.1) is 5.92 Å². The van der Waals surface area contributed by atoms with Crippen LogP contribution in [-0.4, -0.2) is 36.0 Å². The molecule has 0 radical (unpaired) electrons. The van der Waals surface area contributed by atoms with Gasteiger partial charge in [0.25, 0.3) is 0 Å². The molecule has 3 rings (SSSR count). The fourth-order valence-corrected chi connectivity index (χ4v) is 3.10. The van der Waals surface area contributed by atoms with Crippen molar-refractivity contribution < 1.29 is 4.79 Å². The van der Waals surface area contributed by atoms with E-state index in [0.29, 0.717) is 17.9 Å². The van der Waals surface area contributed by atoms with E-state index in [1.54, 1.807) is 0 Å². The lowest BCUT2D eigenvalue weighted by molar-refractivity contribution is -0.129. The molecule has 3 heteroatoms. The number of nitrogens with one attached hydrogen (secondary N) is 1. The average molecular weight is 166 g/mol. The fraction of sp³-hybridized carbons (Fsp3) is 0.889. The Balaban J connectivity index is 1.94. The zero-order valence-electron chi connectivity index (χ0n) is 7.12. The zero-order chi connectivity index (χ0) is 8.13. The second-order valence-corrected chi connectivity index (χ2v) is 4.13. The highest BCUT2D eigenvalue weighted by molar-refractivity contribution is 5.86. The predicted octanol–water partition coefficient (Wildman–Crippen LogP) is -0.0309. The summed E-state index contributed by atoms with van der Waals surface area (Å²) in [6.45, 7) is 2.06. The maximum absolute atomic E-state index is 11.7. The molecule has 0 aromatic heterocycles. The molecule has 3 aliphatic heterocycles. The molecule has 3 aliphatic rings. The van der Waals surface area contributed by atoms with Crippen LogP contribution in [0.4, 0.5) is 0 Å². The Bertz CT molecular complexity index is 207. The quantitative estimate of drug-likeness (QED) is 0.548. The van der Waals surface area contributed by atoms with E-state index in [9.17, 15) is 4.79 Å². The van der Waals surface area contributed by atoms with E-state index >= 15 is 0 Å². The van der Waals surface area contributed by atoms with Crippen LogP contribution in [0.25, 0.3) is 0 Å². The van der Waals surface area contributed by atoms with E-state index in [1.807, 2.05) is 0 Å². The minimum Gasteiger partial charge on any atom is -0.338 e. The molecular formula is C9H14N2O. The monoisotopic (exact) mass is 166 g/mol. The molecule has 0 spiro atoms. The van der Waals surface area contributed by atoms with Gasteiger partial charge < -0.3 is 10.2 Å². The van der Waals surface area contributed by atoms with Crippen molar-refractivity contribution in [1.29, 1.82) is 0 Å². The summed E-state index contributed by atoms with van der Waals surface area (Å²) in [5, 5.41) is 3.31. The summed E-state index contributed by atoms with van der Waals surface area (Å²) in [5.74, 6) is 1.01. The third-order valence-electron chi connectivity index (χ3n) is 3.61. The number of fused-ring (bicyclic) bond motifs is 3.